The van der Waals surface area contributed by atoms with Crippen LogP contribution in [0.25, 0.3) is 0 Å². The summed E-state index contributed by atoms with van der Waals surface area (Å²) >= 11 is 1.61. The zero-order valence-electron chi connectivity index (χ0n) is 10.3. The lowest BCUT2D eigenvalue weighted by Gasteiger charge is -2.22. The summed E-state index contributed by atoms with van der Waals surface area (Å²) in [5.74, 6) is 0.394. The number of hydrogen-bond donors (Lipinski definition) is 1. The summed E-state index contributed by atoms with van der Waals surface area (Å²) in [7, 11) is 2.05. The third-order valence-electron chi connectivity index (χ3n) is 3.53. The van der Waals surface area contributed by atoms with Crippen molar-refractivity contribution in [1.82, 2.24) is 4.90 Å². The van der Waals surface area contributed by atoms with Gasteiger partial charge in [0.25, 0.3) is 0 Å². The Hall–Kier alpha value is -0.580. The van der Waals surface area contributed by atoms with Crippen molar-refractivity contribution in [1.29, 1.82) is 0 Å². The second kappa shape index (κ2) is 5.38. The van der Waals surface area contributed by atoms with E-state index >= 15 is 0 Å². The highest BCUT2D eigenvalue weighted by molar-refractivity contribution is 7.98. The zero-order valence-corrected chi connectivity index (χ0v) is 11.1. The van der Waals surface area contributed by atoms with Crippen molar-refractivity contribution in [2.45, 2.75) is 17.4 Å². The molecule has 1 aliphatic rings. The van der Waals surface area contributed by atoms with Crippen molar-refractivity contribution < 1.29 is 4.39 Å². The molecule has 0 amide bonds. The van der Waals surface area contributed by atoms with E-state index in [1.807, 2.05) is 12.3 Å². The van der Waals surface area contributed by atoms with Crippen LogP contribution in [-0.4, -0.2) is 31.3 Å². The van der Waals surface area contributed by atoms with Gasteiger partial charge in [0, 0.05) is 23.0 Å². The second-order valence-electron chi connectivity index (χ2n) is 4.65. The molecule has 2 unspecified atom stereocenters. The Kier molecular flexibility index (Phi) is 4.07. The summed E-state index contributed by atoms with van der Waals surface area (Å²) in [6.45, 7) is 1.65. The average Bonchev–Trinajstić information content (AvgIpc) is 2.70. The van der Waals surface area contributed by atoms with Crippen molar-refractivity contribution in [3.8, 4) is 0 Å². The van der Waals surface area contributed by atoms with E-state index in [4.69, 9.17) is 5.73 Å². The molecule has 2 atom stereocenters. The average molecular weight is 254 g/mol. The van der Waals surface area contributed by atoms with Gasteiger partial charge in [-0.1, -0.05) is 6.07 Å². The van der Waals surface area contributed by atoms with Crippen LogP contribution in [0.2, 0.25) is 0 Å². The van der Waals surface area contributed by atoms with Crippen LogP contribution in [0.5, 0.6) is 0 Å². The Labute approximate surface area is 106 Å². The van der Waals surface area contributed by atoms with Crippen LogP contribution in [0.3, 0.4) is 0 Å². The number of benzene rings is 1. The Morgan fingerprint density at radius 1 is 1.53 bits per heavy atom. The number of nitrogens with zero attached hydrogens (tertiary/aromatic N) is 1. The molecule has 2 rings (SSSR count). The van der Waals surface area contributed by atoms with Crippen LogP contribution >= 0.6 is 11.8 Å². The minimum atomic E-state index is -0.0913. The first kappa shape index (κ1) is 12.9. The minimum absolute atomic E-state index is 0.0913. The van der Waals surface area contributed by atoms with Crippen molar-refractivity contribution in [3.05, 3.63) is 29.6 Å². The molecule has 4 heteroatoms. The van der Waals surface area contributed by atoms with Gasteiger partial charge in [0.2, 0.25) is 0 Å². The molecule has 1 saturated heterocycles. The van der Waals surface area contributed by atoms with Gasteiger partial charge in [-0.3, -0.25) is 4.90 Å². The van der Waals surface area contributed by atoms with Gasteiger partial charge in [-0.2, -0.15) is 0 Å². The Morgan fingerprint density at radius 3 is 2.88 bits per heavy atom. The van der Waals surface area contributed by atoms with Crippen LogP contribution in [-0.2, 0) is 0 Å². The first-order valence-electron chi connectivity index (χ1n) is 5.90. The molecule has 1 aromatic carbocycles. The van der Waals surface area contributed by atoms with E-state index in [-0.39, 0.29) is 11.9 Å². The van der Waals surface area contributed by atoms with Crippen LogP contribution in [0.1, 0.15) is 18.0 Å². The highest BCUT2D eigenvalue weighted by atomic mass is 32.2. The van der Waals surface area contributed by atoms with Crippen molar-refractivity contribution in [2.75, 3.05) is 26.4 Å². The summed E-state index contributed by atoms with van der Waals surface area (Å²) in [5.41, 5.74) is 6.57. The lowest BCUT2D eigenvalue weighted by molar-refractivity contribution is 0.303. The number of nitrogens with two attached hydrogens (primary N) is 1. The van der Waals surface area contributed by atoms with Gasteiger partial charge in [0.1, 0.15) is 5.82 Å². The summed E-state index contributed by atoms with van der Waals surface area (Å²) in [5, 5.41) is 0. The van der Waals surface area contributed by atoms with E-state index in [0.717, 1.165) is 23.4 Å². The fraction of sp³-hybridized carbons (Fsp3) is 0.538. The predicted octanol–water partition coefficient (Wildman–Crippen LogP) is 2.50. The molecule has 2 nitrogen and oxygen atoms in total. The van der Waals surface area contributed by atoms with E-state index in [9.17, 15) is 4.39 Å². The van der Waals surface area contributed by atoms with Crippen molar-refractivity contribution in [2.24, 2.45) is 11.7 Å². The molecular formula is C13H19FN2S. The maximum absolute atomic E-state index is 14.0. The van der Waals surface area contributed by atoms with Crippen LogP contribution < -0.4 is 5.73 Å². The van der Waals surface area contributed by atoms with E-state index in [1.165, 1.54) is 0 Å². The molecule has 0 bridgehead atoms. The molecule has 1 fully saturated rings. The molecule has 1 heterocycles. The molecule has 0 spiro atoms. The van der Waals surface area contributed by atoms with E-state index in [1.54, 1.807) is 23.9 Å². The number of thioether (sulfide) groups is 1. The van der Waals surface area contributed by atoms with Gasteiger partial charge >= 0.3 is 0 Å². The molecule has 94 valence electrons. The molecule has 0 aliphatic carbocycles. The van der Waals surface area contributed by atoms with Crippen molar-refractivity contribution >= 4 is 11.8 Å². The number of halogens is 1. The first-order valence-corrected chi connectivity index (χ1v) is 7.12. The van der Waals surface area contributed by atoms with Gasteiger partial charge in [-0.05, 0) is 44.3 Å². The van der Waals surface area contributed by atoms with Crippen LogP contribution in [0.15, 0.2) is 23.1 Å². The quantitative estimate of drug-likeness (QED) is 0.840. The Morgan fingerprint density at radius 2 is 2.29 bits per heavy atom. The van der Waals surface area contributed by atoms with Gasteiger partial charge in [0.05, 0.1) is 0 Å². The maximum atomic E-state index is 14.0. The Bertz CT molecular complexity index is 397. The third kappa shape index (κ3) is 2.49. The highest BCUT2D eigenvalue weighted by Crippen LogP contribution is 2.39. The molecular weight excluding hydrogens is 235 g/mol. The molecule has 0 radical (unpaired) electrons. The normalized spacial score (nSPS) is 25.4. The largest absolute Gasteiger partial charge is 0.330 e. The first-order chi connectivity index (χ1) is 8.17. The fourth-order valence-electron chi connectivity index (χ4n) is 2.63. The second-order valence-corrected chi connectivity index (χ2v) is 5.50. The maximum Gasteiger partial charge on any atom is 0.129 e. The monoisotopic (exact) mass is 254 g/mol. The minimum Gasteiger partial charge on any atom is -0.330 e. The standard InChI is InChI=1S/C13H19FN2S/c1-16-8-9(7-15)6-11(16)13-10(14)4-3-5-12(13)17-2/h3-5,9,11H,6-8,15H2,1-2H3. The molecule has 17 heavy (non-hydrogen) atoms. The SMILES string of the molecule is CSc1cccc(F)c1C1CC(CN)CN1C. The summed E-state index contributed by atoms with van der Waals surface area (Å²) < 4.78 is 14.0. The summed E-state index contributed by atoms with van der Waals surface area (Å²) in [6.07, 6.45) is 2.95. The fourth-order valence-corrected chi connectivity index (χ4v) is 3.30. The lowest BCUT2D eigenvalue weighted by Crippen LogP contribution is -2.21. The molecule has 1 aromatic rings. The third-order valence-corrected chi connectivity index (χ3v) is 4.33. The van der Waals surface area contributed by atoms with Crippen LogP contribution in [0, 0.1) is 11.7 Å². The highest BCUT2D eigenvalue weighted by Gasteiger charge is 2.32. The zero-order chi connectivity index (χ0) is 12.4. The summed E-state index contributed by atoms with van der Waals surface area (Å²) in [6, 6.07) is 5.50. The molecule has 1 aliphatic heterocycles. The number of likely N-dealkylation sites (tertiary alicyclic amines) is 1. The van der Waals surface area contributed by atoms with E-state index in [2.05, 4.69) is 11.9 Å². The van der Waals surface area contributed by atoms with E-state index in [0.29, 0.717) is 12.5 Å². The number of rotatable bonds is 3. The molecule has 0 aromatic heterocycles. The molecule has 2 N–H and O–H groups in total. The topological polar surface area (TPSA) is 29.3 Å². The smallest absolute Gasteiger partial charge is 0.129 e. The van der Waals surface area contributed by atoms with Crippen LogP contribution in [0.4, 0.5) is 4.39 Å². The predicted molar refractivity (Wildman–Crippen MR) is 70.7 cm³/mol. The number of hydrogen-bond acceptors (Lipinski definition) is 3. The van der Waals surface area contributed by atoms with Crippen molar-refractivity contribution in [3.63, 3.8) is 0 Å². The Balaban J connectivity index is 2.34. The molecule has 0 saturated carbocycles. The van der Waals surface area contributed by atoms with Gasteiger partial charge in [-0.15, -0.1) is 11.8 Å². The summed E-state index contributed by atoms with van der Waals surface area (Å²) in [4.78, 5) is 3.26. The van der Waals surface area contributed by atoms with Gasteiger partial charge < -0.3 is 5.73 Å². The van der Waals surface area contributed by atoms with Gasteiger partial charge in [-0.25, -0.2) is 4.39 Å². The van der Waals surface area contributed by atoms with Gasteiger partial charge in [0.15, 0.2) is 0 Å². The van der Waals surface area contributed by atoms with E-state index < -0.39 is 0 Å². The lowest BCUT2D eigenvalue weighted by atomic mass is 9.99.